The van der Waals surface area contributed by atoms with Crippen molar-refractivity contribution in [2.45, 2.75) is 58.5 Å². The monoisotopic (exact) mass is 306 g/mol. The maximum Gasteiger partial charge on any atom is 0.331 e. The highest BCUT2D eigenvalue weighted by molar-refractivity contribution is 7.17. The fourth-order valence-corrected chi connectivity index (χ4v) is 4.12. The highest BCUT2D eigenvalue weighted by Gasteiger charge is 2.20. The number of nitrogens with zero attached hydrogens (tertiary/aromatic N) is 2. The van der Waals surface area contributed by atoms with Crippen molar-refractivity contribution in [3.63, 3.8) is 0 Å². The molecular weight excluding hydrogens is 284 g/mol. The Morgan fingerprint density at radius 3 is 2.71 bits per heavy atom. The third kappa shape index (κ3) is 2.71. The van der Waals surface area contributed by atoms with Crippen LogP contribution in [0.25, 0.3) is 10.2 Å². The number of unbranched alkanes of at least 4 members (excludes halogenated alkanes) is 1. The van der Waals surface area contributed by atoms with E-state index in [1.165, 1.54) is 41.6 Å². The topological polar surface area (TPSA) is 44.0 Å². The Balaban J connectivity index is 2.10. The van der Waals surface area contributed by atoms with E-state index in [9.17, 15) is 9.59 Å². The third-order valence-electron chi connectivity index (χ3n) is 4.49. The first kappa shape index (κ1) is 14.6. The smallest absolute Gasteiger partial charge is 0.292 e. The molecule has 0 atom stereocenters. The maximum absolute atomic E-state index is 12.7. The normalized spacial score (nSPS) is 16.0. The molecule has 3 rings (SSSR count). The predicted octanol–water partition coefficient (Wildman–Crippen LogP) is 3.22. The molecule has 0 spiro atoms. The van der Waals surface area contributed by atoms with Gasteiger partial charge in [-0.25, -0.2) is 4.79 Å². The van der Waals surface area contributed by atoms with Crippen LogP contribution in [0.15, 0.2) is 21.0 Å². The van der Waals surface area contributed by atoms with Crippen LogP contribution in [0.2, 0.25) is 0 Å². The SMILES string of the molecule is CCCCn1c(=O)c2sccc2n(CC2CCCC2)c1=O. The number of fused-ring (bicyclic) bond motifs is 1. The van der Waals surface area contributed by atoms with Crippen molar-refractivity contribution >= 4 is 21.6 Å². The van der Waals surface area contributed by atoms with Gasteiger partial charge in [0.25, 0.3) is 5.56 Å². The van der Waals surface area contributed by atoms with Crippen molar-refractivity contribution in [3.05, 3.63) is 32.3 Å². The van der Waals surface area contributed by atoms with Gasteiger partial charge in [0.15, 0.2) is 0 Å². The van der Waals surface area contributed by atoms with Gasteiger partial charge in [0.05, 0.1) is 5.52 Å². The number of thiophene rings is 1. The van der Waals surface area contributed by atoms with Gasteiger partial charge < -0.3 is 0 Å². The zero-order chi connectivity index (χ0) is 14.8. The number of hydrogen-bond donors (Lipinski definition) is 0. The van der Waals surface area contributed by atoms with Crippen molar-refractivity contribution < 1.29 is 0 Å². The van der Waals surface area contributed by atoms with E-state index in [1.54, 1.807) is 0 Å². The molecule has 21 heavy (non-hydrogen) atoms. The van der Waals surface area contributed by atoms with Gasteiger partial charge in [-0.3, -0.25) is 13.9 Å². The predicted molar refractivity (Wildman–Crippen MR) is 87.2 cm³/mol. The molecule has 0 radical (unpaired) electrons. The van der Waals surface area contributed by atoms with Crippen LogP contribution in [0.1, 0.15) is 45.4 Å². The molecule has 0 bridgehead atoms. The molecule has 0 saturated heterocycles. The molecule has 2 aromatic rings. The van der Waals surface area contributed by atoms with Crippen LogP contribution in [0, 0.1) is 5.92 Å². The minimum absolute atomic E-state index is 0.110. The molecule has 0 N–H and O–H groups in total. The van der Waals surface area contributed by atoms with Gasteiger partial charge in [0.1, 0.15) is 4.70 Å². The molecule has 0 aliphatic heterocycles. The molecule has 2 heterocycles. The quantitative estimate of drug-likeness (QED) is 0.851. The highest BCUT2D eigenvalue weighted by atomic mass is 32.1. The molecule has 1 saturated carbocycles. The fraction of sp³-hybridized carbons (Fsp3) is 0.625. The summed E-state index contributed by atoms with van der Waals surface area (Å²) in [5.41, 5.74) is 0.599. The zero-order valence-corrected chi connectivity index (χ0v) is 13.3. The lowest BCUT2D eigenvalue weighted by Crippen LogP contribution is -2.40. The second-order valence-corrected chi connectivity index (χ2v) is 6.91. The Hall–Kier alpha value is -1.36. The summed E-state index contributed by atoms with van der Waals surface area (Å²) < 4.78 is 4.01. The lowest BCUT2D eigenvalue weighted by Gasteiger charge is -2.15. The Morgan fingerprint density at radius 1 is 1.24 bits per heavy atom. The van der Waals surface area contributed by atoms with E-state index >= 15 is 0 Å². The zero-order valence-electron chi connectivity index (χ0n) is 12.5. The summed E-state index contributed by atoms with van der Waals surface area (Å²) in [6.07, 6.45) is 6.79. The Bertz CT molecular complexity index is 735. The lowest BCUT2D eigenvalue weighted by atomic mass is 10.1. The summed E-state index contributed by atoms with van der Waals surface area (Å²) in [5.74, 6) is 0.586. The average molecular weight is 306 g/mol. The van der Waals surface area contributed by atoms with E-state index in [4.69, 9.17) is 0 Å². The molecule has 114 valence electrons. The van der Waals surface area contributed by atoms with Gasteiger partial charge in [-0.2, -0.15) is 0 Å². The minimum Gasteiger partial charge on any atom is -0.292 e. The lowest BCUT2D eigenvalue weighted by molar-refractivity contribution is 0.437. The van der Waals surface area contributed by atoms with Crippen LogP contribution in [0.4, 0.5) is 0 Å². The van der Waals surface area contributed by atoms with Crippen LogP contribution in [-0.4, -0.2) is 9.13 Å². The largest absolute Gasteiger partial charge is 0.331 e. The fourth-order valence-electron chi connectivity index (χ4n) is 3.27. The molecular formula is C16H22N2O2S. The van der Waals surface area contributed by atoms with E-state index in [0.717, 1.165) is 29.6 Å². The molecule has 1 aliphatic rings. The van der Waals surface area contributed by atoms with Crippen LogP contribution in [0.5, 0.6) is 0 Å². The second kappa shape index (κ2) is 6.18. The van der Waals surface area contributed by atoms with Gasteiger partial charge in [-0.05, 0) is 36.6 Å². The minimum atomic E-state index is -0.119. The summed E-state index contributed by atoms with van der Waals surface area (Å²) in [5, 5.41) is 1.92. The summed E-state index contributed by atoms with van der Waals surface area (Å²) >= 11 is 1.45. The van der Waals surface area contributed by atoms with E-state index in [1.807, 2.05) is 16.0 Å². The number of hydrogen-bond acceptors (Lipinski definition) is 3. The molecule has 4 nitrogen and oxygen atoms in total. The second-order valence-electron chi connectivity index (χ2n) is 5.99. The Labute approximate surface area is 128 Å². The van der Waals surface area contributed by atoms with Gasteiger partial charge in [0.2, 0.25) is 0 Å². The number of rotatable bonds is 5. The van der Waals surface area contributed by atoms with Crippen LogP contribution in [-0.2, 0) is 13.1 Å². The summed E-state index contributed by atoms with van der Waals surface area (Å²) in [6.45, 7) is 3.37. The first-order chi connectivity index (χ1) is 10.2. The van der Waals surface area contributed by atoms with E-state index in [0.29, 0.717) is 12.5 Å². The van der Waals surface area contributed by atoms with Gasteiger partial charge in [0, 0.05) is 13.1 Å². The van der Waals surface area contributed by atoms with Crippen molar-refractivity contribution in [3.8, 4) is 0 Å². The molecule has 0 unspecified atom stereocenters. The van der Waals surface area contributed by atoms with Crippen LogP contribution in [0.3, 0.4) is 0 Å². The first-order valence-electron chi connectivity index (χ1n) is 7.93. The average Bonchev–Trinajstić information content (AvgIpc) is 3.14. The molecule has 1 aliphatic carbocycles. The summed E-state index contributed by atoms with van der Waals surface area (Å²) in [6, 6.07) is 1.92. The molecule has 5 heteroatoms. The van der Waals surface area contributed by atoms with E-state index < -0.39 is 0 Å². The summed E-state index contributed by atoms with van der Waals surface area (Å²) in [7, 11) is 0. The molecule has 0 amide bonds. The van der Waals surface area contributed by atoms with Gasteiger partial charge in [-0.1, -0.05) is 26.2 Å². The number of aromatic nitrogens is 2. The Kier molecular flexibility index (Phi) is 4.29. The summed E-state index contributed by atoms with van der Waals surface area (Å²) in [4.78, 5) is 25.2. The maximum atomic E-state index is 12.7. The molecule has 1 fully saturated rings. The van der Waals surface area contributed by atoms with Crippen LogP contribution >= 0.6 is 11.3 Å². The van der Waals surface area contributed by atoms with E-state index in [2.05, 4.69) is 6.92 Å². The van der Waals surface area contributed by atoms with Crippen molar-refractivity contribution in [1.29, 1.82) is 0 Å². The highest BCUT2D eigenvalue weighted by Crippen LogP contribution is 2.27. The molecule has 2 aromatic heterocycles. The molecule has 0 aromatic carbocycles. The van der Waals surface area contributed by atoms with Crippen molar-refractivity contribution in [2.75, 3.05) is 0 Å². The van der Waals surface area contributed by atoms with Gasteiger partial charge in [-0.15, -0.1) is 11.3 Å². The third-order valence-corrected chi connectivity index (χ3v) is 5.38. The Morgan fingerprint density at radius 2 is 2.00 bits per heavy atom. The van der Waals surface area contributed by atoms with Gasteiger partial charge >= 0.3 is 5.69 Å². The van der Waals surface area contributed by atoms with Crippen molar-refractivity contribution in [1.82, 2.24) is 9.13 Å². The first-order valence-corrected chi connectivity index (χ1v) is 8.81. The van der Waals surface area contributed by atoms with Crippen LogP contribution < -0.4 is 11.2 Å². The van der Waals surface area contributed by atoms with E-state index in [-0.39, 0.29) is 11.2 Å². The van der Waals surface area contributed by atoms with Crippen molar-refractivity contribution in [2.24, 2.45) is 5.92 Å². The standard InChI is InChI=1S/C16H22N2O2S/c1-2-3-9-17-15(19)14-13(8-10-21-14)18(16(17)20)11-12-6-4-5-7-12/h8,10,12H,2-7,9,11H2,1H3.